The van der Waals surface area contributed by atoms with Crippen LogP contribution in [-0.4, -0.2) is 68.9 Å². The van der Waals surface area contributed by atoms with E-state index in [1.54, 1.807) is 54.6 Å². The number of H-pyrrole nitrogens is 1. The average molecular weight is 642 g/mol. The highest BCUT2D eigenvalue weighted by Gasteiger charge is 2.31. The Balaban J connectivity index is 1.78. The molecular formula is C31H36ClN5O8. The van der Waals surface area contributed by atoms with E-state index in [0.717, 1.165) is 0 Å². The van der Waals surface area contributed by atoms with Crippen molar-refractivity contribution in [3.63, 3.8) is 0 Å². The topological polar surface area (TPSA) is 207 Å². The largest absolute Gasteiger partial charge is 0.481 e. The molecular weight excluding hydrogens is 606 g/mol. The van der Waals surface area contributed by atoms with E-state index in [2.05, 4.69) is 26.3 Å². The molecule has 1 aromatic heterocycles. The van der Waals surface area contributed by atoms with Crippen molar-refractivity contribution in [3.05, 3.63) is 65.3 Å². The van der Waals surface area contributed by atoms with Crippen LogP contribution in [0.1, 0.15) is 56.4 Å². The van der Waals surface area contributed by atoms with E-state index in [-0.39, 0.29) is 30.9 Å². The number of anilines is 1. The van der Waals surface area contributed by atoms with Crippen LogP contribution in [0.2, 0.25) is 5.02 Å². The molecule has 7 N–H and O–H groups in total. The molecule has 1 heterocycles. The summed E-state index contributed by atoms with van der Waals surface area (Å²) in [6, 6.07) is 11.1. The molecule has 3 aromatic rings. The minimum Gasteiger partial charge on any atom is -0.481 e. The first-order valence-corrected chi connectivity index (χ1v) is 14.7. The standard InChI is InChI=1S/C31H36ClN5O8/c1-17(2)14-24(37-31(45)25-16-18-15-19(32)8-9-21(18)34-25)30(44)36-23(11-13-27(40)41)29(43)35-22(10-12-26(38)39)28(42)33-20-6-4-3-5-7-20/h3-9,15-17,22-24,34H,10-14H2,1-2H3,(H,33,42)(H,35,43)(H,36,44)(H,37,45)(H,38,39)(H,40,41)/t22-,23-,24-/m0/s1. The van der Waals surface area contributed by atoms with Crippen molar-refractivity contribution >= 4 is 63.8 Å². The molecule has 240 valence electrons. The summed E-state index contributed by atoms with van der Waals surface area (Å²) in [7, 11) is 0. The summed E-state index contributed by atoms with van der Waals surface area (Å²) in [5.74, 6) is -5.37. The third kappa shape index (κ3) is 10.9. The number of halogens is 1. The minimum absolute atomic E-state index is 0.0593. The van der Waals surface area contributed by atoms with Gasteiger partial charge in [-0.25, -0.2) is 0 Å². The number of carbonyl (C=O) groups is 6. The van der Waals surface area contributed by atoms with Crippen molar-refractivity contribution in [3.8, 4) is 0 Å². The maximum atomic E-state index is 13.5. The number of hydrogen-bond acceptors (Lipinski definition) is 6. The maximum Gasteiger partial charge on any atom is 0.303 e. The lowest BCUT2D eigenvalue weighted by atomic mass is 10.0. The fourth-order valence-corrected chi connectivity index (χ4v) is 4.71. The first-order chi connectivity index (χ1) is 21.3. The molecule has 3 rings (SSSR count). The van der Waals surface area contributed by atoms with Crippen LogP contribution in [0.4, 0.5) is 5.69 Å². The highest BCUT2D eigenvalue weighted by Crippen LogP contribution is 2.20. The van der Waals surface area contributed by atoms with Gasteiger partial charge in [-0.3, -0.25) is 28.8 Å². The van der Waals surface area contributed by atoms with Crippen molar-refractivity contribution < 1.29 is 39.0 Å². The van der Waals surface area contributed by atoms with Gasteiger partial charge in [0.05, 0.1) is 0 Å². The van der Waals surface area contributed by atoms with E-state index in [1.165, 1.54) is 0 Å². The first-order valence-electron chi connectivity index (χ1n) is 14.3. The molecule has 0 unspecified atom stereocenters. The summed E-state index contributed by atoms with van der Waals surface area (Å²) < 4.78 is 0. The number of benzene rings is 2. The van der Waals surface area contributed by atoms with E-state index in [9.17, 15) is 39.0 Å². The van der Waals surface area contributed by atoms with Crippen LogP contribution in [0.5, 0.6) is 0 Å². The summed E-state index contributed by atoms with van der Waals surface area (Å²) in [5.41, 5.74) is 1.26. The van der Waals surface area contributed by atoms with Crippen LogP contribution in [0.25, 0.3) is 10.9 Å². The normalized spacial score (nSPS) is 13.0. The zero-order chi connectivity index (χ0) is 33.1. The zero-order valence-corrected chi connectivity index (χ0v) is 25.5. The number of aromatic nitrogens is 1. The number of carboxylic acids is 2. The van der Waals surface area contributed by atoms with Gasteiger partial charge >= 0.3 is 11.9 Å². The van der Waals surface area contributed by atoms with Crippen LogP contribution >= 0.6 is 11.6 Å². The first kappa shape index (κ1) is 34.6. The van der Waals surface area contributed by atoms with E-state index >= 15 is 0 Å². The second-order valence-electron chi connectivity index (χ2n) is 10.9. The summed E-state index contributed by atoms with van der Waals surface area (Å²) in [6.45, 7) is 3.68. The Morgan fingerprint density at radius 2 is 1.33 bits per heavy atom. The van der Waals surface area contributed by atoms with Crippen LogP contribution in [0, 0.1) is 5.92 Å². The van der Waals surface area contributed by atoms with E-state index in [0.29, 0.717) is 21.6 Å². The van der Waals surface area contributed by atoms with Gasteiger partial charge in [0.15, 0.2) is 0 Å². The predicted molar refractivity (Wildman–Crippen MR) is 167 cm³/mol. The second-order valence-corrected chi connectivity index (χ2v) is 11.3. The van der Waals surface area contributed by atoms with Crippen molar-refractivity contribution in [2.24, 2.45) is 5.92 Å². The zero-order valence-electron chi connectivity index (χ0n) is 24.8. The Hall–Kier alpha value is -4.91. The molecule has 0 bridgehead atoms. The monoisotopic (exact) mass is 641 g/mol. The number of fused-ring (bicyclic) bond motifs is 1. The van der Waals surface area contributed by atoms with Crippen LogP contribution in [0.3, 0.4) is 0 Å². The number of amides is 4. The number of rotatable bonds is 16. The fourth-order valence-electron chi connectivity index (χ4n) is 4.53. The molecule has 0 fully saturated rings. The van der Waals surface area contributed by atoms with Crippen LogP contribution in [0.15, 0.2) is 54.6 Å². The minimum atomic E-state index is -1.41. The SMILES string of the molecule is CC(C)C[C@H](NC(=O)c1cc2cc(Cl)ccc2[nH]1)C(=O)N[C@@H](CCC(=O)O)C(=O)N[C@@H](CCC(=O)O)C(=O)Nc1ccccc1. The van der Waals surface area contributed by atoms with Gasteiger partial charge in [-0.05, 0) is 61.6 Å². The van der Waals surface area contributed by atoms with Crippen molar-refractivity contribution in [1.82, 2.24) is 20.9 Å². The number of hydrogen-bond donors (Lipinski definition) is 7. The molecule has 0 aliphatic rings. The number of carbonyl (C=O) groups excluding carboxylic acids is 4. The van der Waals surface area contributed by atoms with Gasteiger partial charge in [-0.1, -0.05) is 43.6 Å². The molecule has 13 nitrogen and oxygen atoms in total. The molecule has 3 atom stereocenters. The number of nitrogens with one attached hydrogen (secondary N) is 5. The molecule has 0 spiro atoms. The third-order valence-electron chi connectivity index (χ3n) is 6.76. The summed E-state index contributed by atoms with van der Waals surface area (Å²) >= 11 is 6.04. The van der Waals surface area contributed by atoms with Crippen molar-refractivity contribution in [2.75, 3.05) is 5.32 Å². The molecule has 14 heteroatoms. The third-order valence-corrected chi connectivity index (χ3v) is 6.99. The van der Waals surface area contributed by atoms with Gasteiger partial charge in [-0.15, -0.1) is 0 Å². The maximum absolute atomic E-state index is 13.5. The summed E-state index contributed by atoms with van der Waals surface area (Å²) in [5, 5.41) is 29.9. The summed E-state index contributed by atoms with van der Waals surface area (Å²) in [4.78, 5) is 78.5. The summed E-state index contributed by atoms with van der Waals surface area (Å²) in [6.07, 6.45) is -1.34. The molecule has 0 radical (unpaired) electrons. The van der Waals surface area contributed by atoms with Gasteiger partial charge in [0.1, 0.15) is 23.8 Å². The van der Waals surface area contributed by atoms with Crippen molar-refractivity contribution in [1.29, 1.82) is 0 Å². The number of aromatic amines is 1. The van der Waals surface area contributed by atoms with Gasteiger partial charge in [0.2, 0.25) is 17.7 Å². The second kappa shape index (κ2) is 16.2. The lowest BCUT2D eigenvalue weighted by molar-refractivity contribution is -0.139. The average Bonchev–Trinajstić information content (AvgIpc) is 3.40. The predicted octanol–water partition coefficient (Wildman–Crippen LogP) is 3.30. The Kier molecular flexibility index (Phi) is 12.5. The Bertz CT molecular complexity index is 1540. The smallest absolute Gasteiger partial charge is 0.303 e. The van der Waals surface area contributed by atoms with E-state index in [4.69, 9.17) is 11.6 Å². The van der Waals surface area contributed by atoms with Crippen molar-refractivity contribution in [2.45, 2.75) is 64.1 Å². The van der Waals surface area contributed by atoms with Crippen LogP contribution < -0.4 is 21.3 Å². The lowest BCUT2D eigenvalue weighted by Crippen LogP contribution is -2.56. The molecule has 0 saturated heterocycles. The molecule has 4 amide bonds. The van der Waals surface area contributed by atoms with Gasteiger partial charge in [0, 0.05) is 34.5 Å². The highest BCUT2D eigenvalue weighted by molar-refractivity contribution is 6.31. The molecule has 45 heavy (non-hydrogen) atoms. The molecule has 0 aliphatic carbocycles. The Morgan fingerprint density at radius 3 is 1.91 bits per heavy atom. The number of aliphatic carboxylic acids is 2. The molecule has 0 aliphatic heterocycles. The molecule has 2 aromatic carbocycles. The highest BCUT2D eigenvalue weighted by atomic mass is 35.5. The molecule has 0 saturated carbocycles. The van der Waals surface area contributed by atoms with E-state index in [1.807, 2.05) is 13.8 Å². The fraction of sp³-hybridized carbons (Fsp3) is 0.355. The van der Waals surface area contributed by atoms with Crippen LogP contribution in [-0.2, 0) is 24.0 Å². The Morgan fingerprint density at radius 1 is 0.756 bits per heavy atom. The lowest BCUT2D eigenvalue weighted by Gasteiger charge is -2.25. The van der Waals surface area contributed by atoms with Gasteiger partial charge < -0.3 is 36.5 Å². The van der Waals surface area contributed by atoms with Gasteiger partial charge in [-0.2, -0.15) is 0 Å². The quantitative estimate of drug-likeness (QED) is 0.123. The van der Waals surface area contributed by atoms with E-state index < -0.39 is 66.5 Å². The number of para-hydroxylation sites is 1. The number of carboxylic acid groups (broad SMARTS) is 2. The Labute approximate surface area is 264 Å². The van der Waals surface area contributed by atoms with Gasteiger partial charge in [0.25, 0.3) is 5.91 Å².